The van der Waals surface area contributed by atoms with Gasteiger partial charge in [-0.3, -0.25) is 4.90 Å². The van der Waals surface area contributed by atoms with Crippen LogP contribution in [0.5, 0.6) is 0 Å². The van der Waals surface area contributed by atoms with Gasteiger partial charge in [0.1, 0.15) is 0 Å². The highest BCUT2D eigenvalue weighted by Gasteiger charge is 2.28. The van der Waals surface area contributed by atoms with Crippen LogP contribution in [0.2, 0.25) is 0 Å². The number of sulfonamides is 1. The van der Waals surface area contributed by atoms with E-state index < -0.39 is 10.0 Å². The quantitative estimate of drug-likeness (QED) is 0.734. The second-order valence-corrected chi connectivity index (χ2v) is 8.18. The Hall–Kier alpha value is -0.180. The Bertz CT molecular complexity index is 547. The fraction of sp³-hybridized carbons (Fsp3) is 0.538. The SMILES string of the molecule is CC1CN(S(C)(=O)=O)CCN1Cc1ccccc1I. The number of rotatable bonds is 3. The summed E-state index contributed by atoms with van der Waals surface area (Å²) in [5.74, 6) is 0. The number of piperazine rings is 1. The molecule has 0 spiro atoms. The largest absolute Gasteiger partial charge is 0.294 e. The lowest BCUT2D eigenvalue weighted by atomic mass is 10.1. The summed E-state index contributed by atoms with van der Waals surface area (Å²) in [4.78, 5) is 2.35. The molecular formula is C13H19IN2O2S. The van der Waals surface area contributed by atoms with Crippen LogP contribution in [0.1, 0.15) is 12.5 Å². The van der Waals surface area contributed by atoms with Gasteiger partial charge in [0.25, 0.3) is 0 Å². The lowest BCUT2D eigenvalue weighted by molar-refractivity contribution is 0.122. The summed E-state index contributed by atoms with van der Waals surface area (Å²) < 4.78 is 25.9. The van der Waals surface area contributed by atoms with Crippen LogP contribution in [-0.4, -0.2) is 49.6 Å². The number of hydrogen-bond acceptors (Lipinski definition) is 3. The van der Waals surface area contributed by atoms with E-state index in [1.54, 1.807) is 4.31 Å². The van der Waals surface area contributed by atoms with Gasteiger partial charge in [0.2, 0.25) is 10.0 Å². The van der Waals surface area contributed by atoms with E-state index in [0.29, 0.717) is 13.1 Å². The lowest BCUT2D eigenvalue weighted by Gasteiger charge is -2.38. The van der Waals surface area contributed by atoms with Crippen LogP contribution in [0, 0.1) is 3.57 Å². The Kier molecular flexibility index (Phi) is 4.86. The van der Waals surface area contributed by atoms with Gasteiger partial charge in [-0.2, -0.15) is 4.31 Å². The molecule has 1 heterocycles. The number of benzene rings is 1. The molecule has 1 saturated heterocycles. The maximum absolute atomic E-state index is 11.6. The Balaban J connectivity index is 2.03. The Morgan fingerprint density at radius 1 is 1.32 bits per heavy atom. The van der Waals surface area contributed by atoms with Gasteiger partial charge in [-0.1, -0.05) is 18.2 Å². The Labute approximate surface area is 129 Å². The second-order valence-electron chi connectivity index (χ2n) is 5.03. The highest BCUT2D eigenvalue weighted by Crippen LogP contribution is 2.18. The molecular weight excluding hydrogens is 375 g/mol. The first-order chi connectivity index (χ1) is 8.88. The van der Waals surface area contributed by atoms with Crippen molar-refractivity contribution in [3.05, 3.63) is 33.4 Å². The van der Waals surface area contributed by atoms with Crippen molar-refractivity contribution in [2.45, 2.75) is 19.5 Å². The first-order valence-electron chi connectivity index (χ1n) is 6.30. The first kappa shape index (κ1) is 15.2. The fourth-order valence-corrected chi connectivity index (χ4v) is 3.80. The van der Waals surface area contributed by atoms with E-state index in [0.717, 1.165) is 13.1 Å². The van der Waals surface area contributed by atoms with E-state index in [1.165, 1.54) is 15.4 Å². The highest BCUT2D eigenvalue weighted by atomic mass is 127. The summed E-state index contributed by atoms with van der Waals surface area (Å²) >= 11 is 2.35. The van der Waals surface area contributed by atoms with Crippen molar-refractivity contribution in [2.75, 3.05) is 25.9 Å². The molecule has 0 amide bonds. The van der Waals surface area contributed by atoms with Gasteiger partial charge in [0.05, 0.1) is 6.26 Å². The average molecular weight is 394 g/mol. The molecule has 19 heavy (non-hydrogen) atoms. The van der Waals surface area contributed by atoms with Crippen LogP contribution in [0.4, 0.5) is 0 Å². The molecule has 1 aromatic rings. The number of nitrogens with zero attached hydrogens (tertiary/aromatic N) is 2. The molecule has 0 saturated carbocycles. The zero-order chi connectivity index (χ0) is 14.0. The fourth-order valence-electron chi connectivity index (χ4n) is 2.34. The molecule has 6 heteroatoms. The third-order valence-corrected chi connectivity index (χ3v) is 5.85. The highest BCUT2D eigenvalue weighted by molar-refractivity contribution is 14.1. The zero-order valence-corrected chi connectivity index (χ0v) is 14.2. The average Bonchev–Trinajstić information content (AvgIpc) is 2.33. The summed E-state index contributed by atoms with van der Waals surface area (Å²) in [6.07, 6.45) is 1.29. The molecule has 2 rings (SSSR count). The minimum atomic E-state index is -3.06. The van der Waals surface area contributed by atoms with Gasteiger partial charge in [-0.15, -0.1) is 0 Å². The lowest BCUT2D eigenvalue weighted by Crippen LogP contribution is -2.52. The molecule has 4 nitrogen and oxygen atoms in total. The smallest absolute Gasteiger partial charge is 0.211 e. The van der Waals surface area contributed by atoms with Crippen molar-refractivity contribution in [1.29, 1.82) is 0 Å². The van der Waals surface area contributed by atoms with E-state index in [1.807, 2.05) is 6.07 Å². The van der Waals surface area contributed by atoms with Crippen molar-refractivity contribution in [3.63, 3.8) is 0 Å². The van der Waals surface area contributed by atoms with Crippen LogP contribution in [-0.2, 0) is 16.6 Å². The molecule has 1 aliphatic rings. The number of halogens is 1. The molecule has 0 N–H and O–H groups in total. The minimum absolute atomic E-state index is 0.250. The Morgan fingerprint density at radius 2 is 2.00 bits per heavy atom. The summed E-state index contributed by atoms with van der Waals surface area (Å²) in [5.41, 5.74) is 1.31. The van der Waals surface area contributed by atoms with Gasteiger partial charge in [-0.25, -0.2) is 8.42 Å². The third kappa shape index (κ3) is 3.90. The molecule has 0 aliphatic carbocycles. The van der Waals surface area contributed by atoms with E-state index in [2.05, 4.69) is 52.6 Å². The van der Waals surface area contributed by atoms with E-state index >= 15 is 0 Å². The van der Waals surface area contributed by atoms with Gasteiger partial charge < -0.3 is 0 Å². The zero-order valence-electron chi connectivity index (χ0n) is 11.2. The third-order valence-electron chi connectivity index (χ3n) is 3.53. The molecule has 106 valence electrons. The Morgan fingerprint density at radius 3 is 2.58 bits per heavy atom. The predicted molar refractivity (Wildman–Crippen MR) is 85.4 cm³/mol. The summed E-state index contributed by atoms with van der Waals surface area (Å²) in [7, 11) is -3.06. The van der Waals surface area contributed by atoms with E-state index in [4.69, 9.17) is 0 Å². The topological polar surface area (TPSA) is 40.6 Å². The van der Waals surface area contributed by atoms with Crippen molar-refractivity contribution in [2.24, 2.45) is 0 Å². The molecule has 1 aliphatic heterocycles. The summed E-state index contributed by atoms with van der Waals surface area (Å²) in [6, 6.07) is 8.58. The molecule has 0 bridgehead atoms. The molecule has 1 fully saturated rings. The molecule has 1 unspecified atom stereocenters. The first-order valence-corrected chi connectivity index (χ1v) is 9.23. The van der Waals surface area contributed by atoms with Crippen molar-refractivity contribution < 1.29 is 8.42 Å². The van der Waals surface area contributed by atoms with Crippen LogP contribution < -0.4 is 0 Å². The maximum Gasteiger partial charge on any atom is 0.211 e. The normalized spacial score (nSPS) is 22.6. The maximum atomic E-state index is 11.6. The van der Waals surface area contributed by atoms with Gasteiger partial charge in [-0.05, 0) is 41.1 Å². The second kappa shape index (κ2) is 6.07. The van der Waals surface area contributed by atoms with Gasteiger partial charge in [0.15, 0.2) is 0 Å². The summed E-state index contributed by atoms with van der Waals surface area (Å²) in [5, 5.41) is 0. The van der Waals surface area contributed by atoms with E-state index in [9.17, 15) is 8.42 Å². The number of hydrogen-bond donors (Lipinski definition) is 0. The molecule has 1 aromatic carbocycles. The monoisotopic (exact) mass is 394 g/mol. The predicted octanol–water partition coefficient (Wildman–Crippen LogP) is 1.76. The van der Waals surface area contributed by atoms with Crippen LogP contribution in [0.3, 0.4) is 0 Å². The standard InChI is InChI=1S/C13H19IN2O2S/c1-11-9-16(19(2,17)18)8-7-15(11)10-12-5-3-4-6-13(12)14/h3-6,11H,7-10H2,1-2H3. The summed E-state index contributed by atoms with van der Waals surface area (Å²) in [6.45, 7) is 4.94. The van der Waals surface area contributed by atoms with Crippen LogP contribution in [0.25, 0.3) is 0 Å². The molecule has 1 atom stereocenters. The van der Waals surface area contributed by atoms with Crippen molar-refractivity contribution in [3.8, 4) is 0 Å². The molecule has 0 radical (unpaired) electrons. The van der Waals surface area contributed by atoms with Gasteiger partial charge in [0, 0.05) is 35.8 Å². The van der Waals surface area contributed by atoms with Crippen LogP contribution >= 0.6 is 22.6 Å². The van der Waals surface area contributed by atoms with Crippen LogP contribution in [0.15, 0.2) is 24.3 Å². The van der Waals surface area contributed by atoms with Gasteiger partial charge >= 0.3 is 0 Å². The minimum Gasteiger partial charge on any atom is -0.294 e. The molecule has 0 aromatic heterocycles. The van der Waals surface area contributed by atoms with Crippen molar-refractivity contribution in [1.82, 2.24) is 9.21 Å². The van der Waals surface area contributed by atoms with Crippen molar-refractivity contribution >= 4 is 32.6 Å². The van der Waals surface area contributed by atoms with E-state index in [-0.39, 0.29) is 6.04 Å².